The Morgan fingerprint density at radius 1 is 1.22 bits per heavy atom. The van der Waals surface area contributed by atoms with Gasteiger partial charge in [-0.1, -0.05) is 12.1 Å². The molecule has 0 unspecified atom stereocenters. The van der Waals surface area contributed by atoms with Crippen LogP contribution in [0.2, 0.25) is 0 Å². The molecule has 2 aromatic rings. The van der Waals surface area contributed by atoms with E-state index < -0.39 is 0 Å². The predicted molar refractivity (Wildman–Crippen MR) is 105 cm³/mol. The Morgan fingerprint density at radius 3 is 2.78 bits per heavy atom. The molecule has 2 aromatic carbocycles. The average molecular weight is 363 g/mol. The first-order chi connectivity index (χ1) is 13.2. The third-order valence-corrected chi connectivity index (χ3v) is 4.96. The largest absolute Gasteiger partial charge is 0.465 e. The summed E-state index contributed by atoms with van der Waals surface area (Å²) < 4.78 is 4.91. The lowest BCUT2D eigenvalue weighted by Crippen LogP contribution is -2.33. The van der Waals surface area contributed by atoms with Crippen LogP contribution in [0.25, 0.3) is 11.1 Å². The van der Waals surface area contributed by atoms with Crippen molar-refractivity contribution < 1.29 is 9.53 Å². The summed E-state index contributed by atoms with van der Waals surface area (Å²) in [5, 5.41) is 16.1. The molecule has 140 valence electrons. The van der Waals surface area contributed by atoms with E-state index >= 15 is 0 Å². The molecule has 0 spiro atoms. The second-order valence-corrected chi connectivity index (χ2v) is 6.93. The molecule has 1 aliphatic heterocycles. The van der Waals surface area contributed by atoms with Crippen LogP contribution in [0.1, 0.15) is 34.3 Å². The maximum atomic E-state index is 12.1. The highest BCUT2D eigenvalue weighted by Gasteiger charge is 2.13. The number of nitrogens with zero attached hydrogens (tertiary/aromatic N) is 1. The third kappa shape index (κ3) is 5.16. The molecule has 1 fully saturated rings. The van der Waals surface area contributed by atoms with Gasteiger partial charge in [-0.2, -0.15) is 5.26 Å². The Morgan fingerprint density at radius 2 is 2.04 bits per heavy atom. The SMILES string of the molecule is COC(=O)c1cc(CNCC2CCNCC2)cc(-c2cccc(C#N)c2)c1. The summed E-state index contributed by atoms with van der Waals surface area (Å²) in [5.74, 6) is 0.342. The fourth-order valence-corrected chi connectivity index (χ4v) is 3.47. The second kappa shape index (κ2) is 9.31. The number of rotatable bonds is 6. The number of carbonyl (C=O) groups is 1. The van der Waals surface area contributed by atoms with Crippen molar-refractivity contribution in [2.24, 2.45) is 5.92 Å². The minimum absolute atomic E-state index is 0.354. The molecule has 1 aliphatic rings. The van der Waals surface area contributed by atoms with Crippen molar-refractivity contribution in [2.45, 2.75) is 19.4 Å². The van der Waals surface area contributed by atoms with Crippen LogP contribution in [-0.2, 0) is 11.3 Å². The number of esters is 1. The lowest BCUT2D eigenvalue weighted by molar-refractivity contribution is 0.0600. The van der Waals surface area contributed by atoms with Crippen LogP contribution in [0.4, 0.5) is 0 Å². The summed E-state index contributed by atoms with van der Waals surface area (Å²) in [4.78, 5) is 12.1. The molecule has 2 N–H and O–H groups in total. The van der Waals surface area contributed by atoms with E-state index in [9.17, 15) is 4.79 Å². The number of hydrogen-bond donors (Lipinski definition) is 2. The molecule has 1 saturated heterocycles. The zero-order valence-electron chi connectivity index (χ0n) is 15.6. The molecule has 5 heteroatoms. The molecule has 0 amide bonds. The molecule has 0 saturated carbocycles. The van der Waals surface area contributed by atoms with E-state index in [4.69, 9.17) is 10.00 Å². The Kier molecular flexibility index (Phi) is 6.59. The lowest BCUT2D eigenvalue weighted by Gasteiger charge is -2.23. The molecule has 5 nitrogen and oxygen atoms in total. The van der Waals surface area contributed by atoms with Gasteiger partial charge in [0, 0.05) is 6.54 Å². The molecule has 27 heavy (non-hydrogen) atoms. The van der Waals surface area contributed by atoms with Crippen molar-refractivity contribution >= 4 is 5.97 Å². The number of ether oxygens (including phenoxy) is 1. The third-order valence-electron chi connectivity index (χ3n) is 4.96. The lowest BCUT2D eigenvalue weighted by atomic mass is 9.97. The van der Waals surface area contributed by atoms with Gasteiger partial charge in [-0.3, -0.25) is 0 Å². The summed E-state index contributed by atoms with van der Waals surface area (Å²) in [5.41, 5.74) is 3.98. The van der Waals surface area contributed by atoms with E-state index in [0.29, 0.717) is 23.6 Å². The summed E-state index contributed by atoms with van der Waals surface area (Å²) in [6.07, 6.45) is 2.39. The van der Waals surface area contributed by atoms with Crippen LogP contribution in [0, 0.1) is 17.2 Å². The minimum Gasteiger partial charge on any atom is -0.465 e. The molecule has 3 rings (SSSR count). The van der Waals surface area contributed by atoms with Crippen LogP contribution < -0.4 is 10.6 Å². The molecule has 0 radical (unpaired) electrons. The van der Waals surface area contributed by atoms with Gasteiger partial charge in [-0.05, 0) is 85.4 Å². The number of nitriles is 1. The Labute approximate surface area is 160 Å². The molecule has 0 aromatic heterocycles. The topological polar surface area (TPSA) is 74.2 Å². The minimum atomic E-state index is -0.354. The maximum Gasteiger partial charge on any atom is 0.337 e. The summed E-state index contributed by atoms with van der Waals surface area (Å²) >= 11 is 0. The fraction of sp³-hybridized carbons (Fsp3) is 0.364. The number of carbonyl (C=O) groups excluding carboxylic acids is 1. The van der Waals surface area contributed by atoms with E-state index in [-0.39, 0.29) is 5.97 Å². The summed E-state index contributed by atoms with van der Waals surface area (Å²) in [7, 11) is 1.39. The van der Waals surface area contributed by atoms with Crippen molar-refractivity contribution in [3.63, 3.8) is 0 Å². The first kappa shape index (κ1) is 19.1. The standard InChI is InChI=1S/C22H25N3O2/c1-27-22(26)21-11-18(15-25-14-16-5-7-24-8-6-16)10-20(12-21)19-4-2-3-17(9-19)13-23/h2-4,9-12,16,24-25H,5-8,14-15H2,1H3. The monoisotopic (exact) mass is 363 g/mol. The second-order valence-electron chi connectivity index (χ2n) is 6.93. The predicted octanol–water partition coefficient (Wildman–Crippen LogP) is 3.10. The molecule has 0 aliphatic carbocycles. The van der Waals surface area contributed by atoms with Gasteiger partial charge in [0.25, 0.3) is 0 Å². The molecule has 0 bridgehead atoms. The molecular weight excluding hydrogens is 338 g/mol. The number of methoxy groups -OCH3 is 1. The Bertz CT molecular complexity index is 836. The summed E-state index contributed by atoms with van der Waals surface area (Å²) in [6, 6.07) is 15.3. The number of piperidine rings is 1. The van der Waals surface area contributed by atoms with Gasteiger partial charge < -0.3 is 15.4 Å². The van der Waals surface area contributed by atoms with Gasteiger partial charge in [-0.25, -0.2) is 4.79 Å². The van der Waals surface area contributed by atoms with E-state index in [1.807, 2.05) is 30.3 Å². The Balaban J connectivity index is 1.79. The normalized spacial score (nSPS) is 14.5. The van der Waals surface area contributed by atoms with E-state index in [2.05, 4.69) is 22.8 Å². The zero-order valence-corrected chi connectivity index (χ0v) is 15.6. The van der Waals surface area contributed by atoms with Crippen LogP contribution in [0.5, 0.6) is 0 Å². The van der Waals surface area contributed by atoms with Crippen LogP contribution >= 0.6 is 0 Å². The van der Waals surface area contributed by atoms with E-state index in [1.165, 1.54) is 20.0 Å². The van der Waals surface area contributed by atoms with E-state index in [1.54, 1.807) is 6.07 Å². The maximum absolute atomic E-state index is 12.1. The van der Waals surface area contributed by atoms with Gasteiger partial charge in [0.15, 0.2) is 0 Å². The number of nitrogens with one attached hydrogen (secondary N) is 2. The molecular formula is C22H25N3O2. The van der Waals surface area contributed by atoms with Crippen LogP contribution in [0.3, 0.4) is 0 Å². The van der Waals surface area contributed by atoms with Gasteiger partial charge >= 0.3 is 5.97 Å². The number of benzene rings is 2. The van der Waals surface area contributed by atoms with Gasteiger partial charge in [-0.15, -0.1) is 0 Å². The van der Waals surface area contributed by atoms with Crippen LogP contribution in [-0.4, -0.2) is 32.7 Å². The van der Waals surface area contributed by atoms with Crippen molar-refractivity contribution in [1.29, 1.82) is 5.26 Å². The first-order valence-electron chi connectivity index (χ1n) is 9.34. The zero-order chi connectivity index (χ0) is 19.1. The van der Waals surface area contributed by atoms with Crippen molar-refractivity contribution in [1.82, 2.24) is 10.6 Å². The molecule has 0 atom stereocenters. The summed E-state index contributed by atoms with van der Waals surface area (Å²) in [6.45, 7) is 3.84. The Hall–Kier alpha value is -2.68. The average Bonchev–Trinajstić information content (AvgIpc) is 2.73. The highest BCUT2D eigenvalue weighted by atomic mass is 16.5. The van der Waals surface area contributed by atoms with Crippen molar-refractivity contribution in [3.8, 4) is 17.2 Å². The van der Waals surface area contributed by atoms with Crippen molar-refractivity contribution in [2.75, 3.05) is 26.7 Å². The fourth-order valence-electron chi connectivity index (χ4n) is 3.47. The van der Waals surface area contributed by atoms with E-state index in [0.717, 1.165) is 36.3 Å². The van der Waals surface area contributed by atoms with Gasteiger partial charge in [0.2, 0.25) is 0 Å². The smallest absolute Gasteiger partial charge is 0.337 e. The van der Waals surface area contributed by atoms with Gasteiger partial charge in [0.1, 0.15) is 0 Å². The quantitative estimate of drug-likeness (QED) is 0.772. The highest BCUT2D eigenvalue weighted by molar-refractivity contribution is 5.91. The van der Waals surface area contributed by atoms with Crippen molar-refractivity contribution in [3.05, 3.63) is 59.2 Å². The highest BCUT2D eigenvalue weighted by Crippen LogP contribution is 2.24. The first-order valence-corrected chi connectivity index (χ1v) is 9.34. The molecule has 1 heterocycles. The van der Waals surface area contributed by atoms with Crippen LogP contribution in [0.15, 0.2) is 42.5 Å². The van der Waals surface area contributed by atoms with Gasteiger partial charge in [0.05, 0.1) is 24.3 Å². The number of hydrogen-bond acceptors (Lipinski definition) is 5.